The molecule has 1 saturated heterocycles. The summed E-state index contributed by atoms with van der Waals surface area (Å²) in [5.74, 6) is -0.120. The Balaban J connectivity index is 1.37. The van der Waals surface area contributed by atoms with Crippen molar-refractivity contribution < 1.29 is 22.5 Å². The van der Waals surface area contributed by atoms with Crippen molar-refractivity contribution in [3.05, 3.63) is 65.0 Å². The lowest BCUT2D eigenvalue weighted by Crippen LogP contribution is -2.35. The molecule has 0 N–H and O–H groups in total. The highest BCUT2D eigenvalue weighted by molar-refractivity contribution is 7.89. The van der Waals surface area contributed by atoms with E-state index in [0.717, 1.165) is 24.8 Å². The first-order valence-electron chi connectivity index (χ1n) is 9.79. The van der Waals surface area contributed by atoms with Crippen LogP contribution in [0.1, 0.15) is 35.5 Å². The molecule has 1 aliphatic rings. The highest BCUT2D eigenvalue weighted by Gasteiger charge is 2.26. The second kappa shape index (κ2) is 9.17. The molecule has 10 heteroatoms. The van der Waals surface area contributed by atoms with E-state index in [1.54, 1.807) is 24.3 Å². The summed E-state index contributed by atoms with van der Waals surface area (Å²) in [4.78, 5) is 16.7. The molecule has 0 aliphatic carbocycles. The van der Waals surface area contributed by atoms with Gasteiger partial charge in [-0.05, 0) is 61.4 Å². The largest absolute Gasteiger partial charge is 0.452 e. The number of aromatic nitrogens is 2. The van der Waals surface area contributed by atoms with E-state index in [0.29, 0.717) is 23.9 Å². The Kier molecular flexibility index (Phi) is 6.35. The molecule has 0 atom stereocenters. The predicted molar refractivity (Wildman–Crippen MR) is 113 cm³/mol. The number of hydrogen-bond acceptors (Lipinski definition) is 7. The zero-order chi connectivity index (χ0) is 21.8. The van der Waals surface area contributed by atoms with Gasteiger partial charge in [0.2, 0.25) is 15.8 Å². The van der Waals surface area contributed by atoms with E-state index in [-0.39, 0.29) is 23.0 Å². The van der Waals surface area contributed by atoms with Crippen molar-refractivity contribution >= 4 is 27.6 Å². The number of esters is 1. The predicted octanol–water partition coefficient (Wildman–Crippen LogP) is 3.92. The molecular formula is C21H20ClN3O5S. The Hall–Kier alpha value is -2.75. The number of carbonyl (C=O) groups is 1. The smallest absolute Gasteiger partial charge is 0.338 e. The second-order valence-electron chi connectivity index (χ2n) is 7.08. The average Bonchev–Trinajstić information content (AvgIpc) is 3.28. The third-order valence-electron chi connectivity index (χ3n) is 4.94. The van der Waals surface area contributed by atoms with Gasteiger partial charge in [-0.25, -0.2) is 13.2 Å². The summed E-state index contributed by atoms with van der Waals surface area (Å²) < 4.78 is 37.2. The maximum atomic E-state index is 12.7. The summed E-state index contributed by atoms with van der Waals surface area (Å²) in [7, 11) is -3.55. The third kappa shape index (κ3) is 4.95. The minimum absolute atomic E-state index is 0.141. The highest BCUT2D eigenvalue weighted by atomic mass is 35.5. The molecule has 0 amide bonds. The maximum absolute atomic E-state index is 12.7. The van der Waals surface area contributed by atoms with E-state index in [9.17, 15) is 13.2 Å². The number of rotatable bonds is 6. The molecule has 31 heavy (non-hydrogen) atoms. The van der Waals surface area contributed by atoms with E-state index >= 15 is 0 Å². The van der Waals surface area contributed by atoms with Crippen LogP contribution in [0.3, 0.4) is 0 Å². The number of piperidine rings is 1. The normalized spacial score (nSPS) is 15.0. The Morgan fingerprint density at radius 3 is 2.39 bits per heavy atom. The zero-order valence-electron chi connectivity index (χ0n) is 16.5. The minimum Gasteiger partial charge on any atom is -0.452 e. The number of carbonyl (C=O) groups excluding carboxylic acids is 1. The van der Waals surface area contributed by atoms with Gasteiger partial charge in [0.05, 0.1) is 10.5 Å². The van der Waals surface area contributed by atoms with Gasteiger partial charge in [-0.1, -0.05) is 23.2 Å². The molecule has 0 spiro atoms. The molecule has 0 saturated carbocycles. The summed E-state index contributed by atoms with van der Waals surface area (Å²) in [5.41, 5.74) is 0.950. The molecule has 162 valence electrons. The average molecular weight is 462 g/mol. The zero-order valence-corrected chi connectivity index (χ0v) is 18.1. The number of benzene rings is 2. The molecule has 8 nitrogen and oxygen atoms in total. The van der Waals surface area contributed by atoms with Gasteiger partial charge in [-0.15, -0.1) is 0 Å². The van der Waals surface area contributed by atoms with E-state index < -0.39 is 16.0 Å². The third-order valence-corrected chi connectivity index (χ3v) is 7.10. The van der Waals surface area contributed by atoms with E-state index in [4.69, 9.17) is 20.9 Å². The fraction of sp³-hybridized carbons (Fsp3) is 0.286. The number of halogens is 1. The van der Waals surface area contributed by atoms with Gasteiger partial charge in [0.1, 0.15) is 0 Å². The van der Waals surface area contributed by atoms with Crippen molar-refractivity contribution in [2.75, 3.05) is 13.1 Å². The van der Waals surface area contributed by atoms with Crippen LogP contribution in [0, 0.1) is 0 Å². The summed E-state index contributed by atoms with van der Waals surface area (Å²) in [5, 5.41) is 4.45. The lowest BCUT2D eigenvalue weighted by Gasteiger charge is -2.25. The van der Waals surface area contributed by atoms with Gasteiger partial charge in [-0.2, -0.15) is 9.29 Å². The highest BCUT2D eigenvalue weighted by Crippen LogP contribution is 2.22. The van der Waals surface area contributed by atoms with Crippen LogP contribution < -0.4 is 0 Å². The molecule has 0 bridgehead atoms. The number of ether oxygens (including phenoxy) is 1. The van der Waals surface area contributed by atoms with Crippen LogP contribution >= 0.6 is 11.6 Å². The molecule has 2 aromatic carbocycles. The van der Waals surface area contributed by atoms with Crippen LogP contribution in [0.15, 0.2) is 57.9 Å². The fourth-order valence-corrected chi connectivity index (χ4v) is 4.90. The molecule has 0 radical (unpaired) electrons. The van der Waals surface area contributed by atoms with Crippen LogP contribution in [0.25, 0.3) is 11.4 Å². The maximum Gasteiger partial charge on any atom is 0.338 e. The number of hydrogen-bond donors (Lipinski definition) is 0. The first-order chi connectivity index (χ1) is 14.9. The topological polar surface area (TPSA) is 103 Å². The Morgan fingerprint density at radius 1 is 1.03 bits per heavy atom. The van der Waals surface area contributed by atoms with E-state index in [1.165, 1.54) is 28.6 Å². The van der Waals surface area contributed by atoms with Crippen LogP contribution in [-0.2, 0) is 21.4 Å². The Labute approximate surface area is 184 Å². The van der Waals surface area contributed by atoms with Crippen LogP contribution in [0.2, 0.25) is 5.02 Å². The summed E-state index contributed by atoms with van der Waals surface area (Å²) in [6.07, 6.45) is 2.76. The summed E-state index contributed by atoms with van der Waals surface area (Å²) in [6.45, 7) is 0.843. The molecule has 2 heterocycles. The molecule has 1 fully saturated rings. The quantitative estimate of drug-likeness (QED) is 0.512. The van der Waals surface area contributed by atoms with Crippen molar-refractivity contribution in [2.24, 2.45) is 0 Å². The van der Waals surface area contributed by atoms with Gasteiger partial charge >= 0.3 is 5.97 Å². The first kappa shape index (κ1) is 21.5. The van der Waals surface area contributed by atoms with Crippen LogP contribution in [-0.4, -0.2) is 41.9 Å². The van der Waals surface area contributed by atoms with Gasteiger partial charge in [0.25, 0.3) is 5.89 Å². The molecule has 0 unspecified atom stereocenters. The molecule has 1 aliphatic heterocycles. The monoisotopic (exact) mass is 461 g/mol. The second-order valence-corrected chi connectivity index (χ2v) is 9.46. The van der Waals surface area contributed by atoms with E-state index in [2.05, 4.69) is 10.1 Å². The van der Waals surface area contributed by atoms with Gasteiger partial charge < -0.3 is 9.26 Å². The van der Waals surface area contributed by atoms with Gasteiger partial charge in [0, 0.05) is 23.7 Å². The molecular weight excluding hydrogens is 442 g/mol. The summed E-state index contributed by atoms with van der Waals surface area (Å²) >= 11 is 5.86. The standard InChI is InChI=1S/C21H20ClN3O5S/c22-17-8-4-15(5-9-17)20-23-19(30-24-20)14-29-21(26)16-6-10-18(11-7-16)31(27,28)25-12-2-1-3-13-25/h4-11H,1-3,12-14H2. The number of nitrogens with zero attached hydrogens (tertiary/aromatic N) is 3. The van der Waals surface area contributed by atoms with Gasteiger partial charge in [-0.3, -0.25) is 0 Å². The van der Waals surface area contributed by atoms with Crippen LogP contribution in [0.5, 0.6) is 0 Å². The van der Waals surface area contributed by atoms with Crippen molar-refractivity contribution in [3.8, 4) is 11.4 Å². The summed E-state index contributed by atoms with van der Waals surface area (Å²) in [6, 6.07) is 12.6. The molecule has 3 aromatic rings. The van der Waals surface area contributed by atoms with Gasteiger partial charge in [0.15, 0.2) is 6.61 Å². The van der Waals surface area contributed by atoms with E-state index in [1.807, 2.05) is 0 Å². The lowest BCUT2D eigenvalue weighted by molar-refractivity contribution is 0.0429. The number of sulfonamides is 1. The van der Waals surface area contributed by atoms with Crippen molar-refractivity contribution in [2.45, 2.75) is 30.8 Å². The minimum atomic E-state index is -3.55. The molecule has 4 rings (SSSR count). The molecule has 1 aromatic heterocycles. The fourth-order valence-electron chi connectivity index (χ4n) is 3.26. The Morgan fingerprint density at radius 2 is 1.71 bits per heavy atom. The first-order valence-corrected chi connectivity index (χ1v) is 11.6. The van der Waals surface area contributed by atoms with Crippen molar-refractivity contribution in [1.82, 2.24) is 14.4 Å². The lowest BCUT2D eigenvalue weighted by atomic mass is 10.2. The van der Waals surface area contributed by atoms with Crippen LogP contribution in [0.4, 0.5) is 0 Å². The van der Waals surface area contributed by atoms with Crippen molar-refractivity contribution in [1.29, 1.82) is 0 Å². The van der Waals surface area contributed by atoms with Crippen molar-refractivity contribution in [3.63, 3.8) is 0 Å². The SMILES string of the molecule is O=C(OCc1nc(-c2ccc(Cl)cc2)no1)c1ccc(S(=O)(=O)N2CCCCC2)cc1. The Bertz CT molecular complexity index is 1150.